The molecule has 1 saturated heterocycles. The van der Waals surface area contributed by atoms with Crippen molar-refractivity contribution in [3.63, 3.8) is 0 Å². The molecule has 5 rings (SSSR count). The van der Waals surface area contributed by atoms with Crippen molar-refractivity contribution in [2.45, 2.75) is 50.5 Å². The molecule has 1 aromatic carbocycles. The minimum Gasteiger partial charge on any atom is -0.315 e. The summed E-state index contributed by atoms with van der Waals surface area (Å²) < 4.78 is 43.5. The third-order valence-corrected chi connectivity index (χ3v) is 7.47. The van der Waals surface area contributed by atoms with E-state index in [1.807, 2.05) is 19.3 Å². The Kier molecular flexibility index (Phi) is 6.40. The van der Waals surface area contributed by atoms with Crippen LogP contribution in [0.1, 0.15) is 29.7 Å². The Morgan fingerprint density at radius 2 is 2.00 bits per heavy atom. The molecule has 0 saturated carbocycles. The Hall–Kier alpha value is -2.42. The molecule has 4 atom stereocenters. The molecule has 2 aromatic rings. The van der Waals surface area contributed by atoms with Crippen LogP contribution in [0.2, 0.25) is 0 Å². The number of nitrogens with one attached hydrogen (secondary N) is 2. The van der Waals surface area contributed by atoms with Crippen LogP contribution < -0.4 is 5.32 Å². The number of aromatic nitrogens is 2. The number of likely N-dealkylation sites (tertiary alicyclic amines) is 1. The summed E-state index contributed by atoms with van der Waals surface area (Å²) in [5.74, 6) is -1.35. The van der Waals surface area contributed by atoms with Gasteiger partial charge < -0.3 is 5.32 Å². The lowest BCUT2D eigenvalue weighted by atomic mass is 9.80. The lowest BCUT2D eigenvalue weighted by Crippen LogP contribution is -2.63. The van der Waals surface area contributed by atoms with Gasteiger partial charge in [-0.15, -0.1) is 0 Å². The van der Waals surface area contributed by atoms with Gasteiger partial charge in [0.05, 0.1) is 11.9 Å². The molecule has 8 heteroatoms. The molecule has 3 heterocycles. The second-order valence-corrected chi connectivity index (χ2v) is 9.37. The van der Waals surface area contributed by atoms with Crippen LogP contribution in [-0.2, 0) is 19.5 Å². The van der Waals surface area contributed by atoms with E-state index < -0.39 is 5.92 Å². The first-order valence-corrected chi connectivity index (χ1v) is 11.6. The first kappa shape index (κ1) is 22.4. The molecule has 33 heavy (non-hydrogen) atoms. The highest BCUT2D eigenvalue weighted by molar-refractivity contribution is 5.24. The molecule has 3 aliphatic rings. The van der Waals surface area contributed by atoms with Gasteiger partial charge in [0.1, 0.15) is 17.5 Å². The third kappa shape index (κ3) is 4.52. The van der Waals surface area contributed by atoms with Gasteiger partial charge in [-0.3, -0.25) is 14.9 Å². The molecule has 1 aromatic heterocycles. The number of H-pyrrole nitrogens is 1. The lowest BCUT2D eigenvalue weighted by Gasteiger charge is -2.50. The molecular formula is C25H30F3N5. The number of likely N-dealkylation sites (N-methyl/N-ethyl adjacent to an activating group) is 1. The van der Waals surface area contributed by atoms with Gasteiger partial charge in [-0.05, 0) is 43.7 Å². The summed E-state index contributed by atoms with van der Waals surface area (Å²) in [4.78, 5) is 4.68. The third-order valence-electron chi connectivity index (χ3n) is 7.47. The molecule has 0 bridgehead atoms. The number of piperidine rings is 1. The van der Waals surface area contributed by atoms with E-state index in [-0.39, 0.29) is 42.0 Å². The second kappa shape index (κ2) is 9.44. The molecule has 0 spiro atoms. The Labute approximate surface area is 192 Å². The summed E-state index contributed by atoms with van der Waals surface area (Å²) in [5, 5.41) is 10.6. The van der Waals surface area contributed by atoms with Crippen LogP contribution in [0.3, 0.4) is 0 Å². The van der Waals surface area contributed by atoms with Crippen molar-refractivity contribution in [2.75, 3.05) is 20.1 Å². The average molecular weight is 458 g/mol. The molecular weight excluding hydrogens is 427 g/mol. The van der Waals surface area contributed by atoms with E-state index in [1.165, 1.54) is 23.8 Å². The molecule has 0 amide bonds. The average Bonchev–Trinajstić information content (AvgIpc) is 3.42. The molecule has 5 nitrogen and oxygen atoms in total. The zero-order chi connectivity index (χ0) is 22.9. The molecule has 176 valence electrons. The van der Waals surface area contributed by atoms with Gasteiger partial charge in [0.25, 0.3) is 0 Å². The van der Waals surface area contributed by atoms with Crippen molar-refractivity contribution in [1.29, 1.82) is 0 Å². The van der Waals surface area contributed by atoms with Crippen molar-refractivity contribution >= 4 is 0 Å². The van der Waals surface area contributed by atoms with E-state index in [9.17, 15) is 13.2 Å². The number of nitrogens with zero attached hydrogens (tertiary/aromatic N) is 3. The molecule has 3 unspecified atom stereocenters. The zero-order valence-electron chi connectivity index (χ0n) is 18.8. The van der Waals surface area contributed by atoms with Gasteiger partial charge in [-0.2, -0.15) is 5.10 Å². The molecule has 2 N–H and O–H groups in total. The van der Waals surface area contributed by atoms with Gasteiger partial charge in [0.15, 0.2) is 0 Å². The number of benzene rings is 1. The van der Waals surface area contributed by atoms with Crippen molar-refractivity contribution in [3.05, 3.63) is 76.9 Å². The fourth-order valence-corrected chi connectivity index (χ4v) is 5.75. The zero-order valence-corrected chi connectivity index (χ0v) is 18.8. The first-order chi connectivity index (χ1) is 16.0. The SMILES string of the molecule is CNC1CC(N2Cc3cn[nH]c3C2)CN(CCc2ccccc2F)[C@@H]1C1CC(F)=CC=C1F. The number of rotatable bonds is 6. The molecule has 1 fully saturated rings. The van der Waals surface area contributed by atoms with Gasteiger partial charge in [-0.1, -0.05) is 18.2 Å². The minimum atomic E-state index is -0.551. The van der Waals surface area contributed by atoms with E-state index >= 15 is 0 Å². The number of aromatic amines is 1. The molecule has 0 radical (unpaired) electrons. The number of hydrogen-bond donors (Lipinski definition) is 2. The van der Waals surface area contributed by atoms with Crippen molar-refractivity contribution in [1.82, 2.24) is 25.3 Å². The Bertz CT molecular complexity index is 1030. The number of allylic oxidation sites excluding steroid dienone is 3. The maximum Gasteiger partial charge on any atom is 0.126 e. The standard InChI is InChI=1S/C25H30F3N5/c1-29-23-11-19(33-13-17-12-30-31-24(17)15-33)14-32(9-8-16-4-2-3-5-21(16)27)25(23)20-10-18(26)6-7-22(20)28/h2-7,12,19-20,23,25,29H,8-11,13-15H2,1H3,(H,30,31)/t19?,20?,23?,25-/m1/s1. The van der Waals surface area contributed by atoms with Crippen LogP contribution in [0, 0.1) is 11.7 Å². The largest absolute Gasteiger partial charge is 0.315 e. The van der Waals surface area contributed by atoms with Crippen LogP contribution in [0.15, 0.2) is 54.3 Å². The number of hydrogen-bond acceptors (Lipinski definition) is 4. The van der Waals surface area contributed by atoms with Gasteiger partial charge in [-0.25, -0.2) is 13.2 Å². The smallest absolute Gasteiger partial charge is 0.126 e. The van der Waals surface area contributed by atoms with Crippen molar-refractivity contribution in [2.24, 2.45) is 5.92 Å². The van der Waals surface area contributed by atoms with Crippen LogP contribution in [-0.4, -0.2) is 58.3 Å². The summed E-state index contributed by atoms with van der Waals surface area (Å²) in [6.45, 7) is 2.94. The van der Waals surface area contributed by atoms with Crippen LogP contribution in [0.4, 0.5) is 13.2 Å². The quantitative estimate of drug-likeness (QED) is 0.692. The van der Waals surface area contributed by atoms with E-state index in [0.717, 1.165) is 31.7 Å². The molecule has 1 aliphatic carbocycles. The fraction of sp³-hybridized carbons (Fsp3) is 0.480. The maximum absolute atomic E-state index is 15.0. The van der Waals surface area contributed by atoms with Crippen molar-refractivity contribution in [3.8, 4) is 0 Å². The van der Waals surface area contributed by atoms with Crippen molar-refractivity contribution < 1.29 is 13.2 Å². The van der Waals surface area contributed by atoms with E-state index in [2.05, 4.69) is 25.3 Å². The summed E-state index contributed by atoms with van der Waals surface area (Å²) >= 11 is 0. The highest BCUT2D eigenvalue weighted by Crippen LogP contribution is 2.38. The predicted molar refractivity (Wildman–Crippen MR) is 121 cm³/mol. The first-order valence-electron chi connectivity index (χ1n) is 11.6. The highest BCUT2D eigenvalue weighted by atomic mass is 19.1. The summed E-state index contributed by atoms with van der Waals surface area (Å²) in [5.41, 5.74) is 3.00. The fourth-order valence-electron chi connectivity index (χ4n) is 5.75. The second-order valence-electron chi connectivity index (χ2n) is 9.37. The lowest BCUT2D eigenvalue weighted by molar-refractivity contribution is 0.0124. The Morgan fingerprint density at radius 3 is 2.79 bits per heavy atom. The number of fused-ring (bicyclic) bond motifs is 1. The summed E-state index contributed by atoms with van der Waals surface area (Å²) in [6.07, 6.45) is 5.78. The topological polar surface area (TPSA) is 47.2 Å². The van der Waals surface area contributed by atoms with E-state index in [0.29, 0.717) is 18.5 Å². The minimum absolute atomic E-state index is 0.0171. The van der Waals surface area contributed by atoms with Crippen LogP contribution in [0.5, 0.6) is 0 Å². The number of halogens is 3. The molecule has 2 aliphatic heterocycles. The Balaban J connectivity index is 1.39. The van der Waals surface area contributed by atoms with Gasteiger partial charge in [0.2, 0.25) is 0 Å². The van der Waals surface area contributed by atoms with Gasteiger partial charge >= 0.3 is 0 Å². The highest BCUT2D eigenvalue weighted by Gasteiger charge is 2.44. The summed E-state index contributed by atoms with van der Waals surface area (Å²) in [7, 11) is 1.89. The van der Waals surface area contributed by atoms with E-state index in [1.54, 1.807) is 12.1 Å². The van der Waals surface area contributed by atoms with Gasteiger partial charge in [0, 0.05) is 62.2 Å². The van der Waals surface area contributed by atoms with E-state index in [4.69, 9.17) is 0 Å². The monoisotopic (exact) mass is 457 g/mol. The van der Waals surface area contributed by atoms with Crippen LogP contribution >= 0.6 is 0 Å². The normalized spacial score (nSPS) is 28.5. The van der Waals surface area contributed by atoms with Crippen LogP contribution in [0.25, 0.3) is 0 Å². The predicted octanol–water partition coefficient (Wildman–Crippen LogP) is 3.86. The Morgan fingerprint density at radius 1 is 1.15 bits per heavy atom. The summed E-state index contributed by atoms with van der Waals surface area (Å²) in [6, 6.07) is 6.80. The maximum atomic E-state index is 15.0.